The summed E-state index contributed by atoms with van der Waals surface area (Å²) in [6, 6.07) is 4.76. The van der Waals surface area contributed by atoms with Gasteiger partial charge in [0.2, 0.25) is 10.0 Å². The average Bonchev–Trinajstić information content (AvgIpc) is 2.14. The van der Waals surface area contributed by atoms with E-state index in [2.05, 4.69) is 0 Å². The van der Waals surface area contributed by atoms with Crippen molar-refractivity contribution in [2.45, 2.75) is 0 Å². The summed E-state index contributed by atoms with van der Waals surface area (Å²) in [5, 5.41) is 18.8. The lowest BCUT2D eigenvalue weighted by Gasteiger charge is -2.05. The number of carboxylic acid groups (broad SMARTS) is 1. The fourth-order valence-electron chi connectivity index (χ4n) is 1.06. The normalized spacial score (nSPS) is 10.8. The summed E-state index contributed by atoms with van der Waals surface area (Å²) in [4.78, 5) is 20.0. The van der Waals surface area contributed by atoms with Gasteiger partial charge in [0, 0.05) is 12.1 Å². The summed E-state index contributed by atoms with van der Waals surface area (Å²) < 4.78 is 24.4. The minimum absolute atomic E-state index is 0.0551. The molecule has 2 N–H and O–H groups in total. The van der Waals surface area contributed by atoms with Gasteiger partial charge in [0.25, 0.3) is 5.69 Å². The highest BCUT2D eigenvalue weighted by Crippen LogP contribution is 2.17. The molecular formula is C8H8N2O6S. The molecule has 0 aliphatic heterocycles. The van der Waals surface area contributed by atoms with Crippen LogP contribution in [-0.4, -0.2) is 30.2 Å². The summed E-state index contributed by atoms with van der Waals surface area (Å²) in [5.74, 6) is -2.61. The number of benzene rings is 1. The van der Waals surface area contributed by atoms with Gasteiger partial charge in [0.05, 0.1) is 10.6 Å². The van der Waals surface area contributed by atoms with Crippen molar-refractivity contribution in [1.29, 1.82) is 0 Å². The first-order chi connectivity index (χ1) is 7.80. The molecule has 0 bridgehead atoms. The minimum Gasteiger partial charge on any atom is -0.480 e. The minimum atomic E-state index is -4.05. The second-order valence-electron chi connectivity index (χ2n) is 3.06. The summed E-state index contributed by atoms with van der Waals surface area (Å²) in [5.41, 5.74) is -0.346. The Morgan fingerprint density at radius 2 is 2.12 bits per heavy atom. The molecule has 0 atom stereocenters. The Morgan fingerprint density at radius 1 is 1.47 bits per heavy atom. The van der Waals surface area contributed by atoms with E-state index >= 15 is 0 Å². The Hall–Kier alpha value is -2.16. The molecule has 0 unspecified atom stereocenters. The third kappa shape index (κ3) is 4.07. The number of nitrogens with zero attached hydrogens (tertiary/aromatic N) is 1. The molecular weight excluding hydrogens is 252 g/mol. The van der Waals surface area contributed by atoms with E-state index in [1.807, 2.05) is 4.72 Å². The van der Waals surface area contributed by atoms with Crippen molar-refractivity contribution in [1.82, 2.24) is 0 Å². The smallest absolute Gasteiger partial charge is 0.320 e. The van der Waals surface area contributed by atoms with Crippen LogP contribution in [-0.2, 0) is 14.8 Å². The SMILES string of the molecule is O=C(O)CS(=O)(=O)Nc1cccc([N+](=O)[O-])c1. The van der Waals surface area contributed by atoms with Crippen LogP contribution in [0, 0.1) is 10.1 Å². The number of carbonyl (C=O) groups is 1. The number of rotatable bonds is 5. The Kier molecular flexibility index (Phi) is 3.63. The number of anilines is 1. The molecule has 0 aliphatic rings. The number of nitro benzene ring substituents is 1. The zero-order valence-electron chi connectivity index (χ0n) is 8.36. The molecule has 8 nitrogen and oxygen atoms in total. The average molecular weight is 260 g/mol. The van der Waals surface area contributed by atoms with Crippen LogP contribution in [0.3, 0.4) is 0 Å². The predicted molar refractivity (Wildman–Crippen MR) is 58.1 cm³/mol. The molecule has 1 aromatic carbocycles. The van der Waals surface area contributed by atoms with Gasteiger partial charge >= 0.3 is 5.97 Å². The Bertz CT molecular complexity index is 553. The first-order valence-electron chi connectivity index (χ1n) is 4.27. The summed E-state index contributed by atoms with van der Waals surface area (Å²) in [6.07, 6.45) is 0. The molecule has 17 heavy (non-hydrogen) atoms. The quantitative estimate of drug-likeness (QED) is 0.583. The van der Waals surface area contributed by atoms with Gasteiger partial charge in [-0.25, -0.2) is 8.42 Å². The number of sulfonamides is 1. The van der Waals surface area contributed by atoms with E-state index in [1.165, 1.54) is 18.2 Å². The summed E-state index contributed by atoms with van der Waals surface area (Å²) in [6.45, 7) is 0. The van der Waals surface area contributed by atoms with Crippen molar-refractivity contribution < 1.29 is 23.2 Å². The molecule has 0 fully saturated rings. The lowest BCUT2D eigenvalue weighted by Crippen LogP contribution is -2.22. The molecule has 0 spiro atoms. The van der Waals surface area contributed by atoms with Gasteiger partial charge in [-0.15, -0.1) is 0 Å². The van der Waals surface area contributed by atoms with E-state index in [0.29, 0.717) is 0 Å². The molecule has 92 valence electrons. The topological polar surface area (TPSA) is 127 Å². The number of hydrogen-bond donors (Lipinski definition) is 2. The van der Waals surface area contributed by atoms with Crippen molar-refractivity contribution in [2.75, 3.05) is 10.5 Å². The maximum Gasteiger partial charge on any atom is 0.320 e. The van der Waals surface area contributed by atoms with Crippen LogP contribution in [0.5, 0.6) is 0 Å². The lowest BCUT2D eigenvalue weighted by molar-refractivity contribution is -0.384. The highest BCUT2D eigenvalue weighted by molar-refractivity contribution is 7.93. The Morgan fingerprint density at radius 3 is 2.65 bits per heavy atom. The van der Waals surface area contributed by atoms with Crippen LogP contribution >= 0.6 is 0 Å². The lowest BCUT2D eigenvalue weighted by atomic mass is 10.3. The van der Waals surface area contributed by atoms with Crippen LogP contribution in [0.2, 0.25) is 0 Å². The number of aliphatic carboxylic acids is 1. The molecule has 1 rings (SSSR count). The Labute approximate surface area is 96.1 Å². The number of carboxylic acids is 1. The molecule has 0 saturated heterocycles. The second kappa shape index (κ2) is 4.78. The molecule has 0 heterocycles. The zero-order valence-corrected chi connectivity index (χ0v) is 9.18. The fourth-order valence-corrected chi connectivity index (χ4v) is 1.94. The van der Waals surface area contributed by atoms with E-state index in [-0.39, 0.29) is 11.4 Å². The molecule has 0 aromatic heterocycles. The van der Waals surface area contributed by atoms with Crippen LogP contribution in [0.15, 0.2) is 24.3 Å². The third-order valence-electron chi connectivity index (χ3n) is 1.64. The standard InChI is InChI=1S/C8H8N2O6S/c11-8(12)5-17(15,16)9-6-2-1-3-7(4-6)10(13)14/h1-4,9H,5H2,(H,11,12). The largest absolute Gasteiger partial charge is 0.480 e. The molecule has 0 aliphatic carbocycles. The van der Waals surface area contributed by atoms with Crippen LogP contribution < -0.4 is 4.72 Å². The second-order valence-corrected chi connectivity index (χ2v) is 4.78. The maximum atomic E-state index is 11.2. The van der Waals surface area contributed by atoms with Crippen molar-refractivity contribution in [2.24, 2.45) is 0 Å². The maximum absolute atomic E-state index is 11.2. The monoisotopic (exact) mass is 260 g/mol. The van der Waals surface area contributed by atoms with Crippen LogP contribution in [0.1, 0.15) is 0 Å². The van der Waals surface area contributed by atoms with Crippen LogP contribution in [0.25, 0.3) is 0 Å². The van der Waals surface area contributed by atoms with Crippen molar-refractivity contribution in [3.05, 3.63) is 34.4 Å². The van der Waals surface area contributed by atoms with Gasteiger partial charge in [0.15, 0.2) is 5.75 Å². The van der Waals surface area contributed by atoms with Crippen molar-refractivity contribution in [3.63, 3.8) is 0 Å². The first kappa shape index (κ1) is 12.9. The Balaban J connectivity index is 2.92. The first-order valence-corrected chi connectivity index (χ1v) is 5.92. The molecule has 1 aromatic rings. The third-order valence-corrected chi connectivity index (χ3v) is 2.82. The van der Waals surface area contributed by atoms with E-state index < -0.39 is 26.7 Å². The molecule has 0 amide bonds. The van der Waals surface area contributed by atoms with Crippen molar-refractivity contribution in [3.8, 4) is 0 Å². The van der Waals surface area contributed by atoms with Gasteiger partial charge in [-0.2, -0.15) is 0 Å². The number of nitrogens with one attached hydrogen (secondary N) is 1. The molecule has 0 radical (unpaired) electrons. The van der Waals surface area contributed by atoms with Gasteiger partial charge in [-0.1, -0.05) is 6.07 Å². The van der Waals surface area contributed by atoms with Gasteiger partial charge < -0.3 is 5.11 Å². The van der Waals surface area contributed by atoms with Gasteiger partial charge in [-0.3, -0.25) is 19.6 Å². The van der Waals surface area contributed by atoms with E-state index in [0.717, 1.165) is 6.07 Å². The molecule has 0 saturated carbocycles. The number of hydrogen-bond acceptors (Lipinski definition) is 5. The fraction of sp³-hybridized carbons (Fsp3) is 0.125. The van der Waals surface area contributed by atoms with Crippen LogP contribution in [0.4, 0.5) is 11.4 Å². The molecule has 9 heteroatoms. The van der Waals surface area contributed by atoms with E-state index in [9.17, 15) is 23.3 Å². The predicted octanol–water partition coefficient (Wildman–Crippen LogP) is 0.421. The highest BCUT2D eigenvalue weighted by atomic mass is 32.2. The van der Waals surface area contributed by atoms with Crippen molar-refractivity contribution >= 4 is 27.4 Å². The van der Waals surface area contributed by atoms with Gasteiger partial charge in [-0.05, 0) is 6.07 Å². The number of nitro groups is 1. The summed E-state index contributed by atoms with van der Waals surface area (Å²) >= 11 is 0. The van der Waals surface area contributed by atoms with Gasteiger partial charge in [0.1, 0.15) is 0 Å². The number of non-ortho nitro benzene ring substituents is 1. The zero-order chi connectivity index (χ0) is 13.1. The van der Waals surface area contributed by atoms with E-state index in [4.69, 9.17) is 5.11 Å². The summed E-state index contributed by atoms with van der Waals surface area (Å²) in [7, 11) is -4.05. The highest BCUT2D eigenvalue weighted by Gasteiger charge is 2.16. The van der Waals surface area contributed by atoms with E-state index in [1.54, 1.807) is 0 Å².